The Bertz CT molecular complexity index is 870. The van der Waals surface area contributed by atoms with Crippen LogP contribution in [0.2, 0.25) is 0 Å². The van der Waals surface area contributed by atoms with Crippen LogP contribution in [0.4, 0.5) is 20.2 Å². The number of rotatable bonds is 3. The molecule has 1 aromatic heterocycles. The quantitative estimate of drug-likeness (QED) is 0.631. The van der Waals surface area contributed by atoms with Gasteiger partial charge < -0.3 is 4.90 Å². The second-order valence-electron chi connectivity index (χ2n) is 6.46. The summed E-state index contributed by atoms with van der Waals surface area (Å²) in [6.45, 7) is 0. The summed E-state index contributed by atoms with van der Waals surface area (Å²) in [7, 11) is 1.86. The van der Waals surface area contributed by atoms with Gasteiger partial charge in [0.2, 0.25) is 0 Å². The number of nitro benzene ring substituents is 1. The Morgan fingerprint density at radius 3 is 2.56 bits per heavy atom. The Hall–Kier alpha value is -2.77. The molecule has 0 aliphatic carbocycles. The lowest BCUT2D eigenvalue weighted by molar-refractivity contribution is -0.385. The summed E-state index contributed by atoms with van der Waals surface area (Å²) in [5.41, 5.74) is 1.38. The van der Waals surface area contributed by atoms with Crippen molar-refractivity contribution in [2.24, 2.45) is 7.05 Å². The number of benzene rings is 1. The predicted molar refractivity (Wildman–Crippen MR) is 88.1 cm³/mol. The number of aromatic nitrogens is 2. The number of nitro groups is 1. The fourth-order valence-electron chi connectivity index (χ4n) is 3.96. The molecule has 2 aliphatic rings. The molecule has 0 spiro atoms. The number of aryl methyl sites for hydroxylation is 1. The Kier molecular flexibility index (Phi) is 3.55. The molecule has 1 fully saturated rings. The van der Waals surface area contributed by atoms with Gasteiger partial charge in [0.15, 0.2) is 11.6 Å². The van der Waals surface area contributed by atoms with E-state index >= 15 is 0 Å². The lowest BCUT2D eigenvalue weighted by Crippen LogP contribution is -2.39. The molecule has 0 amide bonds. The molecule has 1 aromatic carbocycles. The molecule has 3 heterocycles. The number of hydrogen-bond acceptors (Lipinski definition) is 4. The molecular weight excluding hydrogens is 330 g/mol. The highest BCUT2D eigenvalue weighted by Gasteiger charge is 2.40. The van der Waals surface area contributed by atoms with E-state index in [0.29, 0.717) is 6.42 Å². The van der Waals surface area contributed by atoms with Gasteiger partial charge in [0.05, 0.1) is 22.7 Å². The molecule has 2 aromatic rings. The highest BCUT2D eigenvalue weighted by Crippen LogP contribution is 2.43. The first-order valence-electron chi connectivity index (χ1n) is 8.06. The van der Waals surface area contributed by atoms with Gasteiger partial charge in [-0.1, -0.05) is 6.08 Å². The zero-order valence-electron chi connectivity index (χ0n) is 13.5. The maximum atomic E-state index is 14.4. The number of anilines is 1. The molecule has 0 radical (unpaired) electrons. The smallest absolute Gasteiger partial charge is 0.275 e. The van der Waals surface area contributed by atoms with E-state index in [1.54, 1.807) is 15.8 Å². The first-order chi connectivity index (χ1) is 12.0. The molecule has 2 unspecified atom stereocenters. The third-order valence-electron chi connectivity index (χ3n) is 5.02. The van der Waals surface area contributed by atoms with Crippen molar-refractivity contribution >= 4 is 16.9 Å². The molecule has 6 nitrogen and oxygen atoms in total. The van der Waals surface area contributed by atoms with Crippen molar-refractivity contribution in [2.75, 3.05) is 4.90 Å². The minimum absolute atomic E-state index is 0.0367. The van der Waals surface area contributed by atoms with E-state index in [9.17, 15) is 18.9 Å². The summed E-state index contributed by atoms with van der Waals surface area (Å²) in [6, 6.07) is 3.34. The molecular formula is C17H16F2N4O2. The van der Waals surface area contributed by atoms with Crippen LogP contribution >= 0.6 is 0 Å². The fourth-order valence-corrected chi connectivity index (χ4v) is 3.96. The van der Waals surface area contributed by atoms with Gasteiger partial charge in [-0.25, -0.2) is 8.78 Å². The van der Waals surface area contributed by atoms with E-state index in [4.69, 9.17) is 0 Å². The number of hydrogen-bond donors (Lipinski definition) is 0. The second-order valence-corrected chi connectivity index (χ2v) is 6.46. The SMILES string of the molecule is Cn1nccc1C1=CC2CCC(C1)N2c1c(F)cc([N+](=O)[O-])cc1F. The first kappa shape index (κ1) is 15.7. The Labute approximate surface area is 142 Å². The van der Waals surface area contributed by atoms with Crippen LogP contribution in [0.5, 0.6) is 0 Å². The van der Waals surface area contributed by atoms with Gasteiger partial charge in [-0.2, -0.15) is 5.10 Å². The highest BCUT2D eigenvalue weighted by atomic mass is 19.1. The molecule has 25 heavy (non-hydrogen) atoms. The molecule has 1 saturated heterocycles. The lowest BCUT2D eigenvalue weighted by atomic mass is 9.97. The van der Waals surface area contributed by atoms with E-state index in [2.05, 4.69) is 5.10 Å². The van der Waals surface area contributed by atoms with Gasteiger partial charge in [0.25, 0.3) is 5.69 Å². The first-order valence-corrected chi connectivity index (χ1v) is 8.06. The van der Waals surface area contributed by atoms with Crippen molar-refractivity contribution in [3.8, 4) is 0 Å². The third-order valence-corrected chi connectivity index (χ3v) is 5.02. The van der Waals surface area contributed by atoms with Gasteiger partial charge in [0, 0.05) is 25.3 Å². The van der Waals surface area contributed by atoms with Crippen LogP contribution in [-0.2, 0) is 7.05 Å². The minimum Gasteiger partial charge on any atom is -0.357 e. The summed E-state index contributed by atoms with van der Waals surface area (Å²) < 4.78 is 30.7. The van der Waals surface area contributed by atoms with Crippen molar-refractivity contribution in [3.05, 3.63) is 57.9 Å². The molecule has 130 valence electrons. The summed E-state index contributed by atoms with van der Waals surface area (Å²) in [5, 5.41) is 15.0. The van der Waals surface area contributed by atoms with Crippen LogP contribution in [0.1, 0.15) is 25.0 Å². The molecule has 2 aliphatic heterocycles. The summed E-state index contributed by atoms with van der Waals surface area (Å²) in [4.78, 5) is 11.7. The summed E-state index contributed by atoms with van der Waals surface area (Å²) in [6.07, 6.45) is 6.02. The van der Waals surface area contributed by atoms with Gasteiger partial charge in [-0.15, -0.1) is 0 Å². The van der Waals surface area contributed by atoms with E-state index < -0.39 is 22.2 Å². The van der Waals surface area contributed by atoms with E-state index in [1.807, 2.05) is 19.2 Å². The normalized spacial score (nSPS) is 22.2. The average molecular weight is 346 g/mol. The molecule has 2 atom stereocenters. The predicted octanol–water partition coefficient (Wildman–Crippen LogP) is 3.43. The Morgan fingerprint density at radius 1 is 1.28 bits per heavy atom. The maximum absolute atomic E-state index is 14.4. The third kappa shape index (κ3) is 2.48. The van der Waals surface area contributed by atoms with Crippen molar-refractivity contribution < 1.29 is 13.7 Å². The van der Waals surface area contributed by atoms with Crippen molar-refractivity contribution in [1.82, 2.24) is 9.78 Å². The van der Waals surface area contributed by atoms with Crippen LogP contribution < -0.4 is 4.90 Å². The lowest BCUT2D eigenvalue weighted by Gasteiger charge is -2.36. The van der Waals surface area contributed by atoms with Crippen LogP contribution in [0.15, 0.2) is 30.5 Å². The molecule has 4 rings (SSSR count). The van der Waals surface area contributed by atoms with Gasteiger partial charge in [-0.05, 0) is 30.9 Å². The van der Waals surface area contributed by atoms with Crippen LogP contribution in [0, 0.1) is 21.7 Å². The second kappa shape index (κ2) is 5.65. The van der Waals surface area contributed by atoms with Crippen molar-refractivity contribution in [2.45, 2.75) is 31.3 Å². The monoisotopic (exact) mass is 346 g/mol. The standard InChI is InChI=1S/C17H16F2N4O2/c1-21-16(4-5-20-21)10-6-11-2-3-12(7-10)22(11)17-14(18)8-13(23(24)25)9-15(17)19/h4-6,8-9,11-12H,2-3,7H2,1H3. The maximum Gasteiger partial charge on any atom is 0.275 e. The molecule has 0 N–H and O–H groups in total. The van der Waals surface area contributed by atoms with E-state index in [0.717, 1.165) is 36.2 Å². The average Bonchev–Trinajstić information content (AvgIpc) is 3.07. The van der Waals surface area contributed by atoms with Gasteiger partial charge in [0.1, 0.15) is 5.69 Å². The Morgan fingerprint density at radius 2 is 2.00 bits per heavy atom. The minimum atomic E-state index is -0.888. The van der Waals surface area contributed by atoms with Gasteiger partial charge >= 0.3 is 0 Å². The number of fused-ring (bicyclic) bond motifs is 2. The zero-order chi connectivity index (χ0) is 17.7. The number of halogens is 2. The van der Waals surface area contributed by atoms with E-state index in [-0.39, 0.29) is 17.8 Å². The van der Waals surface area contributed by atoms with Crippen molar-refractivity contribution in [1.29, 1.82) is 0 Å². The fraction of sp³-hybridized carbons (Fsp3) is 0.353. The Balaban J connectivity index is 1.73. The summed E-state index contributed by atoms with van der Waals surface area (Å²) >= 11 is 0. The largest absolute Gasteiger partial charge is 0.357 e. The van der Waals surface area contributed by atoms with E-state index in [1.165, 1.54) is 0 Å². The molecule has 2 bridgehead atoms. The van der Waals surface area contributed by atoms with Crippen LogP contribution in [0.3, 0.4) is 0 Å². The topological polar surface area (TPSA) is 64.2 Å². The molecule has 0 saturated carbocycles. The highest BCUT2D eigenvalue weighted by molar-refractivity contribution is 5.70. The van der Waals surface area contributed by atoms with Gasteiger partial charge in [-0.3, -0.25) is 14.8 Å². The van der Waals surface area contributed by atoms with Crippen LogP contribution in [0.25, 0.3) is 5.57 Å². The zero-order valence-corrected chi connectivity index (χ0v) is 13.5. The number of non-ortho nitro benzene ring substituents is 1. The number of nitrogens with zero attached hydrogens (tertiary/aromatic N) is 4. The molecule has 8 heteroatoms. The van der Waals surface area contributed by atoms with Crippen molar-refractivity contribution in [3.63, 3.8) is 0 Å². The van der Waals surface area contributed by atoms with Crippen LogP contribution in [-0.4, -0.2) is 26.8 Å². The summed E-state index contributed by atoms with van der Waals surface area (Å²) in [5.74, 6) is -1.78.